The van der Waals surface area contributed by atoms with E-state index in [2.05, 4.69) is 38.6 Å². The molecule has 3 N–H and O–H groups in total. The number of ether oxygens (including phenoxy) is 1. The van der Waals surface area contributed by atoms with E-state index in [-0.39, 0.29) is 0 Å². The average Bonchev–Trinajstić information content (AvgIpc) is 3.41. The zero-order valence-corrected chi connectivity index (χ0v) is 21.2. The minimum atomic E-state index is -0.657. The molecule has 38 heavy (non-hydrogen) atoms. The van der Waals surface area contributed by atoms with Gasteiger partial charge in [0.2, 0.25) is 0 Å². The van der Waals surface area contributed by atoms with E-state index in [9.17, 15) is 5.11 Å². The molecule has 0 saturated carbocycles. The molecule has 4 heterocycles. The van der Waals surface area contributed by atoms with Crippen molar-refractivity contribution in [3.63, 3.8) is 0 Å². The number of benzene rings is 2. The molecule has 5 aromatic rings. The summed E-state index contributed by atoms with van der Waals surface area (Å²) in [6.45, 7) is 6.60. The van der Waals surface area contributed by atoms with Gasteiger partial charge in [0.15, 0.2) is 0 Å². The fourth-order valence-electron chi connectivity index (χ4n) is 4.98. The normalized spacial score (nSPS) is 15.4. The number of aliphatic hydroxyl groups excluding tert-OH is 1. The van der Waals surface area contributed by atoms with Crippen LogP contribution in [0.3, 0.4) is 0 Å². The van der Waals surface area contributed by atoms with Crippen LogP contribution in [0.4, 0.5) is 11.5 Å². The van der Waals surface area contributed by atoms with E-state index in [1.807, 2.05) is 65.9 Å². The van der Waals surface area contributed by atoms with E-state index >= 15 is 0 Å². The summed E-state index contributed by atoms with van der Waals surface area (Å²) in [4.78, 5) is 19.2. The molecule has 6 rings (SSSR count). The van der Waals surface area contributed by atoms with E-state index in [1.54, 1.807) is 6.20 Å². The summed E-state index contributed by atoms with van der Waals surface area (Å²) in [7, 11) is 1.97. The highest BCUT2D eigenvalue weighted by Gasteiger charge is 2.26. The van der Waals surface area contributed by atoms with Crippen molar-refractivity contribution >= 4 is 22.5 Å². The Bertz CT molecular complexity index is 1660. The third-order valence-corrected chi connectivity index (χ3v) is 6.93. The molecule has 1 atom stereocenters. The highest BCUT2D eigenvalue weighted by Crippen LogP contribution is 2.42. The molecule has 0 radical (unpaired) electrons. The lowest BCUT2D eigenvalue weighted by Crippen LogP contribution is -2.29. The molecule has 1 fully saturated rings. The highest BCUT2D eigenvalue weighted by atomic mass is 16.5. The van der Waals surface area contributed by atoms with Crippen LogP contribution < -0.4 is 15.4 Å². The van der Waals surface area contributed by atoms with E-state index in [0.29, 0.717) is 17.6 Å². The number of fused-ring (bicyclic) bond motifs is 1. The van der Waals surface area contributed by atoms with E-state index in [0.717, 1.165) is 63.3 Å². The zero-order valence-electron chi connectivity index (χ0n) is 21.2. The molecule has 0 bridgehead atoms. The second-order valence-electron chi connectivity index (χ2n) is 9.37. The first-order chi connectivity index (χ1) is 18.4. The Morgan fingerprint density at radius 3 is 2.42 bits per heavy atom. The topological polar surface area (TPSA) is 115 Å². The summed E-state index contributed by atoms with van der Waals surface area (Å²) in [6, 6.07) is 18.0. The fraction of sp³-hybridized carbons (Fsp3) is 0.172. The summed E-state index contributed by atoms with van der Waals surface area (Å²) in [5, 5.41) is 11.3. The SMILES string of the molecule is C=C1CCN(c2ccc(-c3c(-c4ccc(Oc5nccc(C)n5)cc4)c4c(N)ncnc4n3C)cc2)C1O. The first kappa shape index (κ1) is 23.6. The minimum absolute atomic E-state index is 0.299. The molecule has 1 unspecified atom stereocenters. The molecule has 1 saturated heterocycles. The Hall–Kier alpha value is -4.76. The number of aryl methyl sites for hydroxylation is 2. The van der Waals surface area contributed by atoms with Crippen molar-refractivity contribution in [1.29, 1.82) is 0 Å². The fourth-order valence-corrected chi connectivity index (χ4v) is 4.98. The van der Waals surface area contributed by atoms with Gasteiger partial charge in [-0.05, 0) is 60.4 Å². The minimum Gasteiger partial charge on any atom is -0.424 e. The van der Waals surface area contributed by atoms with Gasteiger partial charge in [-0.15, -0.1) is 0 Å². The van der Waals surface area contributed by atoms with Crippen molar-refractivity contribution in [3.8, 4) is 34.1 Å². The van der Waals surface area contributed by atoms with Gasteiger partial charge >= 0.3 is 6.01 Å². The number of aliphatic hydroxyl groups is 1. The number of aromatic nitrogens is 5. The van der Waals surface area contributed by atoms with Crippen LogP contribution in [0.2, 0.25) is 0 Å². The van der Waals surface area contributed by atoms with Crippen LogP contribution >= 0.6 is 0 Å². The first-order valence-electron chi connectivity index (χ1n) is 12.3. The van der Waals surface area contributed by atoms with Crippen molar-refractivity contribution in [2.75, 3.05) is 17.2 Å². The van der Waals surface area contributed by atoms with E-state index < -0.39 is 6.23 Å². The first-order valence-corrected chi connectivity index (χ1v) is 12.3. The van der Waals surface area contributed by atoms with Crippen molar-refractivity contribution in [1.82, 2.24) is 24.5 Å². The molecule has 0 aliphatic carbocycles. The number of nitrogen functional groups attached to an aromatic ring is 1. The lowest BCUT2D eigenvalue weighted by molar-refractivity contribution is 0.222. The number of anilines is 2. The second-order valence-corrected chi connectivity index (χ2v) is 9.37. The number of nitrogens with zero attached hydrogens (tertiary/aromatic N) is 6. The van der Waals surface area contributed by atoms with Gasteiger partial charge in [-0.3, -0.25) is 0 Å². The Morgan fingerprint density at radius 2 is 1.74 bits per heavy atom. The molecular formula is C29H27N7O2. The second kappa shape index (κ2) is 9.28. The van der Waals surface area contributed by atoms with Gasteiger partial charge in [0, 0.05) is 36.7 Å². The molecule has 9 nitrogen and oxygen atoms in total. The Labute approximate surface area is 219 Å². The van der Waals surface area contributed by atoms with Crippen molar-refractivity contribution in [2.45, 2.75) is 19.6 Å². The highest BCUT2D eigenvalue weighted by molar-refractivity contribution is 6.07. The molecule has 9 heteroatoms. The van der Waals surface area contributed by atoms with Gasteiger partial charge in [-0.25, -0.2) is 19.9 Å². The summed E-state index contributed by atoms with van der Waals surface area (Å²) in [6.07, 6.45) is 3.28. The number of hydrogen-bond acceptors (Lipinski definition) is 8. The number of nitrogens with two attached hydrogens (primary N) is 1. The van der Waals surface area contributed by atoms with E-state index in [4.69, 9.17) is 10.5 Å². The monoisotopic (exact) mass is 505 g/mol. The van der Waals surface area contributed by atoms with Crippen LogP contribution in [0.15, 0.2) is 79.3 Å². The summed E-state index contributed by atoms with van der Waals surface area (Å²) < 4.78 is 7.89. The summed E-state index contributed by atoms with van der Waals surface area (Å²) >= 11 is 0. The molecule has 1 aliphatic rings. The maximum atomic E-state index is 10.5. The van der Waals surface area contributed by atoms with Gasteiger partial charge < -0.3 is 25.0 Å². The van der Waals surface area contributed by atoms with E-state index in [1.165, 1.54) is 6.33 Å². The van der Waals surface area contributed by atoms with Gasteiger partial charge in [-0.2, -0.15) is 0 Å². The molecule has 0 amide bonds. The Kier molecular flexibility index (Phi) is 5.77. The quantitative estimate of drug-likeness (QED) is 0.326. The van der Waals surface area contributed by atoms with Crippen LogP contribution in [0.1, 0.15) is 12.1 Å². The van der Waals surface area contributed by atoms with Gasteiger partial charge in [0.25, 0.3) is 0 Å². The van der Waals surface area contributed by atoms with Crippen LogP contribution in [0, 0.1) is 6.92 Å². The Balaban J connectivity index is 1.42. The molecule has 1 aliphatic heterocycles. The van der Waals surface area contributed by atoms with Gasteiger partial charge in [-0.1, -0.05) is 30.8 Å². The number of hydrogen-bond donors (Lipinski definition) is 2. The molecule has 190 valence electrons. The van der Waals surface area contributed by atoms with Crippen molar-refractivity contribution in [2.24, 2.45) is 7.05 Å². The third-order valence-electron chi connectivity index (χ3n) is 6.93. The van der Waals surface area contributed by atoms with Gasteiger partial charge in [0.05, 0.1) is 11.1 Å². The predicted octanol–water partition coefficient (Wildman–Crippen LogP) is 4.86. The largest absolute Gasteiger partial charge is 0.424 e. The predicted molar refractivity (Wildman–Crippen MR) is 148 cm³/mol. The number of rotatable bonds is 5. The molecule has 0 spiro atoms. The lowest BCUT2D eigenvalue weighted by Gasteiger charge is -2.23. The maximum Gasteiger partial charge on any atom is 0.322 e. The van der Waals surface area contributed by atoms with Crippen LogP contribution in [0.25, 0.3) is 33.4 Å². The van der Waals surface area contributed by atoms with Crippen LogP contribution in [-0.4, -0.2) is 42.4 Å². The Morgan fingerprint density at radius 1 is 1.00 bits per heavy atom. The lowest BCUT2D eigenvalue weighted by atomic mass is 9.98. The molecule has 2 aromatic carbocycles. The van der Waals surface area contributed by atoms with Gasteiger partial charge in [0.1, 0.15) is 29.8 Å². The summed E-state index contributed by atoms with van der Waals surface area (Å²) in [5.41, 5.74) is 13.6. The van der Waals surface area contributed by atoms with Crippen LogP contribution in [-0.2, 0) is 7.05 Å². The zero-order chi connectivity index (χ0) is 26.4. The van der Waals surface area contributed by atoms with Crippen molar-refractivity contribution < 1.29 is 9.84 Å². The standard InChI is InChI=1S/C29H27N7O2/c1-17-13-15-36(28(17)37)21-8-4-20(5-9-21)25-23(24-26(30)32-16-33-27(24)35(25)3)19-6-10-22(11-7-19)38-29-31-14-12-18(2)34-29/h4-12,14,16,28,37H,1,13,15H2,2-3H3,(H2,30,32,33). The average molecular weight is 506 g/mol. The smallest absolute Gasteiger partial charge is 0.322 e. The maximum absolute atomic E-state index is 10.5. The van der Waals surface area contributed by atoms with Crippen LogP contribution in [0.5, 0.6) is 11.8 Å². The third kappa shape index (κ3) is 4.03. The summed E-state index contributed by atoms with van der Waals surface area (Å²) in [5.74, 6) is 1.04. The molecular weight excluding hydrogens is 478 g/mol. The molecule has 3 aromatic heterocycles. The van der Waals surface area contributed by atoms with Crippen molar-refractivity contribution in [3.05, 3.63) is 85.0 Å².